The lowest BCUT2D eigenvalue weighted by molar-refractivity contribution is 0.0976. The summed E-state index contributed by atoms with van der Waals surface area (Å²) in [7, 11) is 0. The molecule has 8 heteroatoms. The zero-order valence-electron chi connectivity index (χ0n) is 18.1. The van der Waals surface area contributed by atoms with Crippen LogP contribution in [0.2, 0.25) is 0 Å². The van der Waals surface area contributed by atoms with Crippen LogP contribution in [0.1, 0.15) is 46.9 Å². The van der Waals surface area contributed by atoms with E-state index in [0.29, 0.717) is 29.8 Å². The maximum absolute atomic E-state index is 13.9. The number of fused-ring (bicyclic) bond motifs is 2. The normalized spacial score (nSPS) is 15.8. The zero-order valence-corrected chi connectivity index (χ0v) is 18.1. The molecule has 1 aliphatic rings. The van der Waals surface area contributed by atoms with Gasteiger partial charge < -0.3 is 4.90 Å². The highest BCUT2D eigenvalue weighted by molar-refractivity contribution is 6.10. The van der Waals surface area contributed by atoms with Gasteiger partial charge in [0.25, 0.3) is 12.3 Å². The van der Waals surface area contributed by atoms with E-state index in [9.17, 15) is 18.0 Å². The van der Waals surface area contributed by atoms with E-state index >= 15 is 0 Å². The van der Waals surface area contributed by atoms with Crippen LogP contribution in [0.25, 0.3) is 16.9 Å². The summed E-state index contributed by atoms with van der Waals surface area (Å²) in [5.74, 6) is -0.767. The van der Waals surface area contributed by atoms with E-state index in [-0.39, 0.29) is 28.8 Å². The van der Waals surface area contributed by atoms with Gasteiger partial charge in [-0.15, -0.1) is 0 Å². The molecule has 0 radical (unpaired) electrons. The predicted molar refractivity (Wildman–Crippen MR) is 119 cm³/mol. The fraction of sp³-hybridized carbons (Fsp3) is 0.240. The number of rotatable bonds is 3. The molecule has 0 aliphatic carbocycles. The summed E-state index contributed by atoms with van der Waals surface area (Å²) in [5.41, 5.74) is 3.22. The van der Waals surface area contributed by atoms with E-state index < -0.39 is 12.3 Å². The first kappa shape index (κ1) is 21.2. The summed E-state index contributed by atoms with van der Waals surface area (Å²) in [4.78, 5) is 19.8. The van der Waals surface area contributed by atoms with Crippen LogP contribution in [-0.4, -0.2) is 26.5 Å². The van der Waals surface area contributed by atoms with Crippen molar-refractivity contribution in [2.75, 3.05) is 4.90 Å². The van der Waals surface area contributed by atoms with E-state index in [1.165, 1.54) is 24.4 Å². The minimum Gasteiger partial charge on any atom is -0.305 e. The van der Waals surface area contributed by atoms with Crippen molar-refractivity contribution in [3.05, 3.63) is 82.9 Å². The number of hydrogen-bond donors (Lipinski definition) is 0. The van der Waals surface area contributed by atoms with E-state index in [2.05, 4.69) is 10.1 Å². The maximum atomic E-state index is 13.9. The van der Waals surface area contributed by atoms with Crippen LogP contribution in [0.5, 0.6) is 0 Å². The molecule has 1 amide bonds. The van der Waals surface area contributed by atoms with Crippen molar-refractivity contribution in [1.29, 1.82) is 0 Å². The summed E-state index contributed by atoms with van der Waals surface area (Å²) >= 11 is 0. The average Bonchev–Trinajstić information content (AvgIpc) is 3.22. The zero-order chi connectivity index (χ0) is 23.3. The van der Waals surface area contributed by atoms with Gasteiger partial charge in [0, 0.05) is 17.3 Å². The number of hydrogen-bond acceptors (Lipinski definition) is 3. The molecule has 4 aromatic rings. The molecule has 1 aliphatic heterocycles. The lowest BCUT2D eigenvalue weighted by atomic mass is 9.96. The molecule has 0 saturated carbocycles. The molecule has 2 aromatic carbocycles. The second kappa shape index (κ2) is 8.03. The van der Waals surface area contributed by atoms with Gasteiger partial charge in [0.1, 0.15) is 17.1 Å². The Hall–Kier alpha value is -3.68. The Morgan fingerprint density at radius 3 is 2.61 bits per heavy atom. The highest BCUT2D eigenvalue weighted by Crippen LogP contribution is 2.34. The number of amides is 1. The predicted octanol–water partition coefficient (Wildman–Crippen LogP) is 5.76. The summed E-state index contributed by atoms with van der Waals surface area (Å²) in [6, 6.07) is 12.8. The first-order valence-electron chi connectivity index (χ1n) is 10.7. The summed E-state index contributed by atoms with van der Waals surface area (Å²) in [6.07, 6.45) is -0.218. The van der Waals surface area contributed by atoms with Crippen molar-refractivity contribution in [3.8, 4) is 11.3 Å². The Bertz CT molecular complexity index is 1360. The second-order valence-corrected chi connectivity index (χ2v) is 8.36. The van der Waals surface area contributed by atoms with Gasteiger partial charge in [-0.3, -0.25) is 4.79 Å². The third-order valence-electron chi connectivity index (χ3n) is 6.09. The van der Waals surface area contributed by atoms with Crippen molar-refractivity contribution in [2.24, 2.45) is 0 Å². The van der Waals surface area contributed by atoms with Gasteiger partial charge in [0.15, 0.2) is 5.65 Å². The van der Waals surface area contributed by atoms with Gasteiger partial charge in [-0.05, 0) is 56.5 Å². The van der Waals surface area contributed by atoms with Crippen molar-refractivity contribution in [2.45, 2.75) is 39.2 Å². The first-order chi connectivity index (χ1) is 15.8. The summed E-state index contributed by atoms with van der Waals surface area (Å²) in [5, 5.41) is 4.07. The molecule has 5 nitrogen and oxygen atoms in total. The highest BCUT2D eigenvalue weighted by atomic mass is 19.3. The van der Waals surface area contributed by atoms with Gasteiger partial charge in [-0.25, -0.2) is 22.7 Å². The van der Waals surface area contributed by atoms with Gasteiger partial charge in [-0.1, -0.05) is 29.8 Å². The van der Waals surface area contributed by atoms with Crippen molar-refractivity contribution >= 4 is 17.2 Å². The Kier molecular flexibility index (Phi) is 5.15. The lowest BCUT2D eigenvalue weighted by Crippen LogP contribution is -2.42. The third kappa shape index (κ3) is 3.65. The maximum Gasteiger partial charge on any atom is 0.280 e. The topological polar surface area (TPSA) is 50.5 Å². The van der Waals surface area contributed by atoms with Crippen molar-refractivity contribution < 1.29 is 18.0 Å². The largest absolute Gasteiger partial charge is 0.305 e. The third-order valence-corrected chi connectivity index (χ3v) is 6.09. The molecule has 33 heavy (non-hydrogen) atoms. The molecule has 1 atom stereocenters. The minimum absolute atomic E-state index is 0.0646. The number of aromatic nitrogens is 3. The number of halogens is 3. The molecule has 1 unspecified atom stereocenters. The van der Waals surface area contributed by atoms with E-state index in [4.69, 9.17) is 0 Å². The Labute approximate surface area is 188 Å². The summed E-state index contributed by atoms with van der Waals surface area (Å²) < 4.78 is 42.6. The molecule has 0 saturated heterocycles. The molecule has 168 valence electrons. The number of aryl methyl sites for hydroxylation is 2. The number of nitrogens with zero attached hydrogens (tertiary/aromatic N) is 4. The highest BCUT2D eigenvalue weighted by Gasteiger charge is 2.32. The van der Waals surface area contributed by atoms with Crippen molar-refractivity contribution in [3.63, 3.8) is 0 Å². The van der Waals surface area contributed by atoms with Crippen molar-refractivity contribution in [1.82, 2.24) is 14.6 Å². The van der Waals surface area contributed by atoms with Crippen LogP contribution < -0.4 is 4.90 Å². The Balaban J connectivity index is 1.66. The van der Waals surface area contributed by atoms with E-state index in [1.807, 2.05) is 26.0 Å². The average molecular weight is 450 g/mol. The standard InChI is InChI=1S/C25H21F3N4O/c1-14-3-6-16(7-4-14)20-12-22(23(27)28)32-24(30-20)19(13-29-32)25(33)31-15(2)5-8-17-11-18(26)9-10-21(17)31/h3-4,6-7,9-13,15,23H,5,8H2,1-2H3. The molecular weight excluding hydrogens is 429 g/mol. The van der Waals surface area contributed by atoms with Gasteiger partial charge >= 0.3 is 0 Å². The molecule has 5 rings (SSSR count). The molecule has 0 spiro atoms. The van der Waals surface area contributed by atoms with E-state index in [1.54, 1.807) is 23.1 Å². The molecule has 0 N–H and O–H groups in total. The fourth-order valence-electron chi connectivity index (χ4n) is 4.32. The monoisotopic (exact) mass is 450 g/mol. The van der Waals surface area contributed by atoms with Crippen LogP contribution in [-0.2, 0) is 6.42 Å². The Morgan fingerprint density at radius 1 is 1.12 bits per heavy atom. The van der Waals surface area contributed by atoms with Gasteiger partial charge in [-0.2, -0.15) is 5.10 Å². The van der Waals surface area contributed by atoms with Crippen LogP contribution in [0.4, 0.5) is 18.9 Å². The van der Waals surface area contributed by atoms with Crippen LogP contribution in [0, 0.1) is 12.7 Å². The molecular formula is C25H21F3N4O. The number of anilines is 1. The number of carbonyl (C=O) groups is 1. The van der Waals surface area contributed by atoms with E-state index in [0.717, 1.165) is 15.6 Å². The number of benzene rings is 2. The van der Waals surface area contributed by atoms with Gasteiger partial charge in [0.05, 0.1) is 11.9 Å². The quantitative estimate of drug-likeness (QED) is 0.399. The summed E-state index contributed by atoms with van der Waals surface area (Å²) in [6.45, 7) is 3.84. The van der Waals surface area contributed by atoms with Gasteiger partial charge in [0.2, 0.25) is 0 Å². The number of alkyl halides is 2. The molecule has 3 heterocycles. The SMILES string of the molecule is Cc1ccc(-c2cc(C(F)F)n3ncc(C(=O)N4c5ccc(F)cc5CCC4C)c3n2)cc1. The lowest BCUT2D eigenvalue weighted by Gasteiger charge is -2.35. The van der Waals surface area contributed by atoms with Crippen LogP contribution >= 0.6 is 0 Å². The Morgan fingerprint density at radius 2 is 1.88 bits per heavy atom. The first-order valence-corrected chi connectivity index (χ1v) is 10.7. The molecule has 0 fully saturated rings. The fourth-order valence-corrected chi connectivity index (χ4v) is 4.32. The van der Waals surface area contributed by atoms with Crippen LogP contribution in [0.15, 0.2) is 54.7 Å². The second-order valence-electron chi connectivity index (χ2n) is 8.36. The molecule has 2 aromatic heterocycles. The molecule has 0 bridgehead atoms. The van der Waals surface area contributed by atoms with Crippen LogP contribution in [0.3, 0.4) is 0 Å². The smallest absolute Gasteiger partial charge is 0.280 e. The number of carbonyl (C=O) groups excluding carboxylic acids is 1. The minimum atomic E-state index is -2.81.